The van der Waals surface area contributed by atoms with Gasteiger partial charge in [-0.1, -0.05) is 72.3 Å². The van der Waals surface area contributed by atoms with Crippen LogP contribution in [0.1, 0.15) is 51.7 Å². The van der Waals surface area contributed by atoms with Gasteiger partial charge in [0.2, 0.25) is 17.7 Å². The number of carbonyl (C=O) groups excluding carboxylic acids is 4. The first kappa shape index (κ1) is 40.1. The molecule has 12 nitrogen and oxygen atoms in total. The molecule has 0 radical (unpaired) electrons. The monoisotopic (exact) mass is 786 g/mol. The number of benzene rings is 1. The second kappa shape index (κ2) is 17.4. The summed E-state index contributed by atoms with van der Waals surface area (Å²) in [7, 11) is 1.69. The van der Waals surface area contributed by atoms with Crippen molar-refractivity contribution in [1.82, 2.24) is 19.6 Å². The number of rotatable bonds is 17. The summed E-state index contributed by atoms with van der Waals surface area (Å²) in [6.07, 6.45) is 2.90. The van der Waals surface area contributed by atoms with Gasteiger partial charge in [-0.2, -0.15) is 0 Å². The van der Waals surface area contributed by atoms with Gasteiger partial charge in [-0.25, -0.2) is 0 Å². The van der Waals surface area contributed by atoms with E-state index in [4.69, 9.17) is 14.2 Å². The summed E-state index contributed by atoms with van der Waals surface area (Å²) < 4.78 is 18.6. The Hall–Kier alpha value is -3.10. The number of fused-ring (bicyclic) bond motifs is 1. The zero-order valence-corrected chi connectivity index (χ0v) is 32.5. The highest BCUT2D eigenvalue weighted by molar-refractivity contribution is 9.09. The summed E-state index contributed by atoms with van der Waals surface area (Å²) in [5.74, 6) is -3.68. The van der Waals surface area contributed by atoms with Gasteiger partial charge in [-0.15, -0.1) is 13.2 Å². The number of morpholine rings is 1. The Morgan fingerprint density at radius 1 is 1.13 bits per heavy atom. The lowest BCUT2D eigenvalue weighted by atomic mass is 9.70. The van der Waals surface area contributed by atoms with E-state index < -0.39 is 59.6 Å². The van der Waals surface area contributed by atoms with Crippen LogP contribution >= 0.6 is 15.9 Å². The van der Waals surface area contributed by atoms with Crippen molar-refractivity contribution in [2.24, 2.45) is 17.8 Å². The molecule has 4 aliphatic rings. The Morgan fingerprint density at radius 2 is 1.83 bits per heavy atom. The molecule has 5 rings (SSSR count). The number of aliphatic hydroxyl groups is 1. The van der Waals surface area contributed by atoms with Crippen LogP contribution in [0.4, 0.5) is 0 Å². The van der Waals surface area contributed by atoms with Crippen molar-refractivity contribution in [3.8, 4) is 0 Å². The van der Waals surface area contributed by atoms with E-state index in [9.17, 15) is 24.3 Å². The number of likely N-dealkylation sites (tertiary alicyclic amines) is 1. The molecule has 1 aromatic carbocycles. The van der Waals surface area contributed by atoms with Crippen LogP contribution in [0.3, 0.4) is 0 Å². The Labute approximate surface area is 316 Å². The first-order valence-electron chi connectivity index (χ1n) is 18.5. The van der Waals surface area contributed by atoms with Crippen LogP contribution in [0, 0.1) is 17.8 Å². The van der Waals surface area contributed by atoms with E-state index in [0.29, 0.717) is 44.7 Å². The lowest BCUT2D eigenvalue weighted by molar-refractivity contribution is -0.165. The maximum atomic E-state index is 14.9. The fourth-order valence-electron chi connectivity index (χ4n) is 8.42. The Bertz CT molecular complexity index is 1460. The summed E-state index contributed by atoms with van der Waals surface area (Å²) >= 11 is 3.76. The fourth-order valence-corrected chi connectivity index (χ4v) is 9.37. The van der Waals surface area contributed by atoms with E-state index in [1.165, 1.54) is 4.90 Å². The van der Waals surface area contributed by atoms with Crippen molar-refractivity contribution in [3.63, 3.8) is 0 Å². The van der Waals surface area contributed by atoms with Gasteiger partial charge >= 0.3 is 5.97 Å². The Balaban J connectivity index is 1.49. The zero-order valence-electron chi connectivity index (χ0n) is 30.9. The number of nitrogens with zero attached hydrogens (tertiary/aromatic N) is 4. The molecule has 4 saturated heterocycles. The fraction of sp³-hybridized carbons (Fsp3) is 0.641. The van der Waals surface area contributed by atoms with E-state index in [1.807, 2.05) is 51.1 Å². The van der Waals surface area contributed by atoms with Crippen LogP contribution in [0.2, 0.25) is 0 Å². The third-order valence-electron chi connectivity index (χ3n) is 11.4. The molecule has 3 amide bonds. The Morgan fingerprint density at radius 3 is 2.44 bits per heavy atom. The van der Waals surface area contributed by atoms with E-state index in [-0.39, 0.29) is 42.1 Å². The second-order valence-corrected chi connectivity index (χ2v) is 15.9. The van der Waals surface area contributed by atoms with Gasteiger partial charge in [0.25, 0.3) is 0 Å². The highest BCUT2D eigenvalue weighted by atomic mass is 79.9. The second-order valence-electron chi connectivity index (χ2n) is 14.8. The van der Waals surface area contributed by atoms with Gasteiger partial charge in [-0.05, 0) is 31.2 Å². The number of aliphatic hydroxyl groups excluding tert-OH is 1. The molecule has 1 spiro atoms. The summed E-state index contributed by atoms with van der Waals surface area (Å²) in [6.45, 7) is 17.0. The molecule has 52 heavy (non-hydrogen) atoms. The summed E-state index contributed by atoms with van der Waals surface area (Å²) in [6, 6.07) is 6.94. The summed E-state index contributed by atoms with van der Waals surface area (Å²) in [4.78, 5) is 64.1. The molecule has 4 heterocycles. The van der Waals surface area contributed by atoms with Crippen LogP contribution in [-0.4, -0.2) is 143 Å². The van der Waals surface area contributed by atoms with E-state index in [2.05, 4.69) is 34.0 Å². The number of hydrogen-bond donors (Lipinski definition) is 1. The molecule has 0 aliphatic carbocycles. The molecule has 1 unspecified atom stereocenters. The van der Waals surface area contributed by atoms with Crippen molar-refractivity contribution in [1.29, 1.82) is 0 Å². The van der Waals surface area contributed by atoms with Gasteiger partial charge in [0, 0.05) is 51.0 Å². The molecule has 2 bridgehead atoms. The van der Waals surface area contributed by atoms with Crippen LogP contribution < -0.4 is 0 Å². The van der Waals surface area contributed by atoms with Crippen LogP contribution in [0.25, 0.3) is 0 Å². The molecule has 0 saturated carbocycles. The molecule has 13 heteroatoms. The highest BCUT2D eigenvalue weighted by Crippen LogP contribution is 2.61. The third kappa shape index (κ3) is 7.75. The summed E-state index contributed by atoms with van der Waals surface area (Å²) in [5.41, 5.74) is -0.628. The van der Waals surface area contributed by atoms with Crippen molar-refractivity contribution in [3.05, 3.63) is 61.2 Å². The van der Waals surface area contributed by atoms with Crippen LogP contribution in [0.15, 0.2) is 55.6 Å². The van der Waals surface area contributed by atoms with Gasteiger partial charge in [0.1, 0.15) is 17.7 Å². The largest absolute Gasteiger partial charge is 0.455 e. The smallest absolute Gasteiger partial charge is 0.313 e. The minimum atomic E-state index is -1.33. The number of esters is 1. The van der Waals surface area contributed by atoms with Gasteiger partial charge in [0.05, 0.1) is 49.8 Å². The number of carbonyl (C=O) groups is 4. The standard InChI is InChI=1S/C39H55BrN4O8/c1-7-9-15-30(46)41(6)26(5)33(27-13-11-10-12-14-27)51-38(49)31-32-36(47)44(29(24-45)25(3)4)35(39(32)23-28(40)34(31)52-39)37(48)43(16-8-2)18-17-42-19-21-50-22-20-42/h7-8,10-14,25-26,28-29,31-35,45H,1-2,9,15-24H2,3-6H3/t26-,28?,29-,31+,32-,33+,34+,35+,39-/m0/s1. The molecular formula is C39H55BrN4O8. The topological polar surface area (TPSA) is 129 Å². The number of ether oxygens (including phenoxy) is 3. The quantitative estimate of drug-likeness (QED) is 0.144. The van der Waals surface area contributed by atoms with E-state index >= 15 is 0 Å². The molecule has 4 fully saturated rings. The molecule has 4 aliphatic heterocycles. The molecule has 1 N–H and O–H groups in total. The minimum absolute atomic E-state index is 0.114. The van der Waals surface area contributed by atoms with Crippen molar-refractivity contribution in [2.75, 3.05) is 59.6 Å². The first-order chi connectivity index (χ1) is 24.9. The minimum Gasteiger partial charge on any atom is -0.455 e. The number of hydrogen-bond acceptors (Lipinski definition) is 9. The number of likely N-dealkylation sites (N-methyl/N-ethyl adjacent to an activating group) is 1. The van der Waals surface area contributed by atoms with Crippen molar-refractivity contribution < 1.29 is 38.5 Å². The average molecular weight is 788 g/mol. The Kier molecular flexibility index (Phi) is 13.4. The van der Waals surface area contributed by atoms with Crippen LogP contribution in [-0.2, 0) is 33.4 Å². The normalized spacial score (nSPS) is 28.6. The van der Waals surface area contributed by atoms with Crippen molar-refractivity contribution in [2.45, 2.75) is 80.8 Å². The zero-order chi connectivity index (χ0) is 37.7. The highest BCUT2D eigenvalue weighted by Gasteiger charge is 2.77. The molecule has 286 valence electrons. The molecule has 9 atom stereocenters. The van der Waals surface area contributed by atoms with E-state index in [0.717, 1.165) is 13.1 Å². The average Bonchev–Trinajstić information content (AvgIpc) is 3.74. The summed E-state index contributed by atoms with van der Waals surface area (Å²) in [5, 5.41) is 10.7. The first-order valence-corrected chi connectivity index (χ1v) is 19.4. The molecule has 0 aromatic heterocycles. The van der Waals surface area contributed by atoms with Gasteiger partial charge in [0.15, 0.2) is 0 Å². The predicted octanol–water partition coefficient (Wildman–Crippen LogP) is 3.20. The maximum Gasteiger partial charge on any atom is 0.313 e. The SMILES string of the molecule is C=CCCC(=O)N(C)[C@@H](C)[C@@H](OC(=O)[C@H]1[C@@H]2O[C@@]3(CC2Br)[C@@H]1C(=O)N([C@@H](CO)C(C)C)[C@@H]3C(=O)N(CC=C)CCN1CCOCC1)c1ccccc1. The number of halogens is 1. The molecular weight excluding hydrogens is 732 g/mol. The van der Waals surface area contributed by atoms with Gasteiger partial charge in [-0.3, -0.25) is 24.1 Å². The lowest BCUT2D eigenvalue weighted by Gasteiger charge is -2.41. The van der Waals surface area contributed by atoms with E-state index in [1.54, 1.807) is 29.0 Å². The lowest BCUT2D eigenvalue weighted by Crippen LogP contribution is -2.60. The number of alkyl halides is 1. The number of allylic oxidation sites excluding steroid dienone is 1. The van der Waals surface area contributed by atoms with Crippen LogP contribution in [0.5, 0.6) is 0 Å². The predicted molar refractivity (Wildman–Crippen MR) is 199 cm³/mol. The van der Waals surface area contributed by atoms with Gasteiger partial charge < -0.3 is 34.0 Å². The molecule has 1 aromatic rings. The third-order valence-corrected chi connectivity index (χ3v) is 12.2. The maximum absolute atomic E-state index is 14.9. The number of amides is 3. The van der Waals surface area contributed by atoms with Crippen molar-refractivity contribution >= 4 is 39.6 Å².